The van der Waals surface area contributed by atoms with Crippen LogP contribution < -0.4 is 5.32 Å². The van der Waals surface area contributed by atoms with Gasteiger partial charge in [0.2, 0.25) is 5.95 Å². The number of anilines is 1. The van der Waals surface area contributed by atoms with Crippen LogP contribution in [0.5, 0.6) is 0 Å². The molecule has 0 aromatic carbocycles. The van der Waals surface area contributed by atoms with Crippen molar-refractivity contribution in [1.82, 2.24) is 15.0 Å². The Labute approximate surface area is 104 Å². The average Bonchev–Trinajstić information content (AvgIpc) is 2.83. The fourth-order valence-electron chi connectivity index (χ4n) is 1.37. The summed E-state index contributed by atoms with van der Waals surface area (Å²) in [4.78, 5) is 22.2. The summed E-state index contributed by atoms with van der Waals surface area (Å²) in [7, 11) is 0. The molecule has 0 spiro atoms. The molecule has 0 unspecified atom stereocenters. The van der Waals surface area contributed by atoms with Gasteiger partial charge in [0, 0.05) is 29.8 Å². The molecule has 0 bridgehead atoms. The summed E-state index contributed by atoms with van der Waals surface area (Å²) < 4.78 is 0. The van der Waals surface area contributed by atoms with Gasteiger partial charge in [-0.1, -0.05) is 0 Å². The normalized spacial score (nSPS) is 11.2. The molecule has 0 radical (unpaired) electrons. The van der Waals surface area contributed by atoms with Gasteiger partial charge in [0.05, 0.1) is 0 Å². The van der Waals surface area contributed by atoms with Crippen LogP contribution in [0.3, 0.4) is 0 Å². The minimum atomic E-state index is -1.10. The number of carbonyl (C=O) groups is 1. The van der Waals surface area contributed by atoms with Crippen LogP contribution in [0.15, 0.2) is 30.7 Å². The van der Waals surface area contributed by atoms with Gasteiger partial charge in [-0.25, -0.2) is 14.8 Å². The molecule has 2 aromatic rings. The molecule has 0 fully saturated rings. The molecular formula is C12H14N4O2. The smallest absolute Gasteiger partial charge is 0.328 e. The average molecular weight is 246 g/mol. The summed E-state index contributed by atoms with van der Waals surface area (Å²) in [6, 6.07) is 3.79. The molecule has 0 aliphatic rings. The highest BCUT2D eigenvalue weighted by Gasteiger charge is 2.27. The molecule has 2 rings (SSSR count). The first-order valence-corrected chi connectivity index (χ1v) is 5.46. The third kappa shape index (κ3) is 2.48. The van der Waals surface area contributed by atoms with Gasteiger partial charge in [-0.3, -0.25) is 0 Å². The van der Waals surface area contributed by atoms with Gasteiger partial charge < -0.3 is 15.4 Å². The van der Waals surface area contributed by atoms with Crippen molar-refractivity contribution < 1.29 is 9.90 Å². The van der Waals surface area contributed by atoms with Crippen LogP contribution in [0.25, 0.3) is 11.3 Å². The molecule has 6 heteroatoms. The Morgan fingerprint density at radius 1 is 1.39 bits per heavy atom. The summed E-state index contributed by atoms with van der Waals surface area (Å²) in [6.07, 6.45) is 5.09. The minimum Gasteiger partial charge on any atom is -0.480 e. The van der Waals surface area contributed by atoms with Crippen LogP contribution in [-0.2, 0) is 4.79 Å². The van der Waals surface area contributed by atoms with Crippen LogP contribution in [0.2, 0.25) is 0 Å². The predicted octanol–water partition coefficient (Wildman–Crippen LogP) is 1.75. The summed E-state index contributed by atoms with van der Waals surface area (Å²) in [5.74, 6) is -0.669. The lowest BCUT2D eigenvalue weighted by atomic mass is 10.1. The lowest BCUT2D eigenvalue weighted by molar-refractivity contribution is -0.141. The van der Waals surface area contributed by atoms with Crippen LogP contribution in [0, 0.1) is 0 Å². The Hall–Kier alpha value is -2.37. The van der Waals surface area contributed by atoms with Crippen molar-refractivity contribution in [3.63, 3.8) is 0 Å². The van der Waals surface area contributed by atoms with E-state index in [1.54, 1.807) is 26.2 Å². The second-order valence-electron chi connectivity index (χ2n) is 4.43. The van der Waals surface area contributed by atoms with Gasteiger partial charge in [0.15, 0.2) is 0 Å². The molecule has 0 atom stereocenters. The third-order valence-corrected chi connectivity index (χ3v) is 2.52. The molecule has 2 aromatic heterocycles. The number of nitrogens with zero attached hydrogens (tertiary/aromatic N) is 2. The van der Waals surface area contributed by atoms with E-state index in [0.717, 1.165) is 11.3 Å². The molecule has 0 saturated carbocycles. The summed E-state index contributed by atoms with van der Waals surface area (Å²) >= 11 is 0. The molecule has 18 heavy (non-hydrogen) atoms. The number of H-pyrrole nitrogens is 1. The van der Waals surface area contributed by atoms with E-state index in [4.69, 9.17) is 5.11 Å². The SMILES string of the molecule is CC(C)(Nc1ncc(-c2ccc[nH]2)cn1)C(=O)O. The summed E-state index contributed by atoms with van der Waals surface area (Å²) in [6.45, 7) is 3.11. The van der Waals surface area contributed by atoms with E-state index < -0.39 is 11.5 Å². The van der Waals surface area contributed by atoms with Crippen LogP contribution >= 0.6 is 0 Å². The highest BCUT2D eigenvalue weighted by molar-refractivity contribution is 5.80. The van der Waals surface area contributed by atoms with Gasteiger partial charge in [-0.2, -0.15) is 0 Å². The molecule has 3 N–H and O–H groups in total. The summed E-state index contributed by atoms with van der Waals surface area (Å²) in [5.41, 5.74) is 0.659. The van der Waals surface area contributed by atoms with E-state index in [9.17, 15) is 4.79 Å². The zero-order chi connectivity index (χ0) is 13.2. The first kappa shape index (κ1) is 12.1. The Balaban J connectivity index is 2.16. The fraction of sp³-hybridized carbons (Fsp3) is 0.250. The molecule has 6 nitrogen and oxygen atoms in total. The topological polar surface area (TPSA) is 90.9 Å². The number of carboxylic acid groups (broad SMARTS) is 1. The van der Waals surface area contributed by atoms with E-state index in [-0.39, 0.29) is 5.95 Å². The molecule has 0 aliphatic carbocycles. The maximum atomic E-state index is 11.0. The van der Waals surface area contributed by atoms with Crippen LogP contribution in [0.4, 0.5) is 5.95 Å². The van der Waals surface area contributed by atoms with E-state index in [2.05, 4.69) is 20.3 Å². The third-order valence-electron chi connectivity index (χ3n) is 2.52. The van der Waals surface area contributed by atoms with Gasteiger partial charge in [-0.05, 0) is 26.0 Å². The van der Waals surface area contributed by atoms with E-state index in [0.29, 0.717) is 0 Å². The number of aromatic nitrogens is 3. The number of hydrogen-bond donors (Lipinski definition) is 3. The Morgan fingerprint density at radius 2 is 2.06 bits per heavy atom. The highest BCUT2D eigenvalue weighted by atomic mass is 16.4. The monoisotopic (exact) mass is 246 g/mol. The van der Waals surface area contributed by atoms with E-state index in [1.807, 2.05) is 18.3 Å². The number of nitrogens with one attached hydrogen (secondary N) is 2. The number of rotatable bonds is 4. The van der Waals surface area contributed by atoms with Gasteiger partial charge in [-0.15, -0.1) is 0 Å². The Bertz CT molecular complexity index is 532. The second kappa shape index (κ2) is 4.48. The number of aromatic amines is 1. The van der Waals surface area contributed by atoms with Crippen molar-refractivity contribution in [3.8, 4) is 11.3 Å². The lowest BCUT2D eigenvalue weighted by Gasteiger charge is -2.20. The van der Waals surface area contributed by atoms with Crippen molar-refractivity contribution in [2.75, 3.05) is 5.32 Å². The molecule has 94 valence electrons. The van der Waals surface area contributed by atoms with Crippen molar-refractivity contribution in [2.45, 2.75) is 19.4 Å². The minimum absolute atomic E-state index is 0.290. The fourth-order valence-corrected chi connectivity index (χ4v) is 1.37. The largest absolute Gasteiger partial charge is 0.480 e. The van der Waals surface area contributed by atoms with Crippen molar-refractivity contribution in [3.05, 3.63) is 30.7 Å². The highest BCUT2D eigenvalue weighted by Crippen LogP contribution is 2.16. The van der Waals surface area contributed by atoms with Crippen molar-refractivity contribution >= 4 is 11.9 Å². The summed E-state index contributed by atoms with van der Waals surface area (Å²) in [5, 5.41) is 11.7. The maximum Gasteiger partial charge on any atom is 0.328 e. The molecule has 0 saturated heterocycles. The quantitative estimate of drug-likeness (QED) is 0.764. The first-order valence-electron chi connectivity index (χ1n) is 5.46. The molecule has 2 heterocycles. The predicted molar refractivity (Wildman–Crippen MR) is 67.2 cm³/mol. The maximum absolute atomic E-state index is 11.0. The molecule has 0 aliphatic heterocycles. The first-order chi connectivity index (χ1) is 8.49. The Morgan fingerprint density at radius 3 is 2.56 bits per heavy atom. The lowest BCUT2D eigenvalue weighted by Crippen LogP contribution is -2.40. The number of hydrogen-bond acceptors (Lipinski definition) is 4. The van der Waals surface area contributed by atoms with Gasteiger partial charge >= 0.3 is 5.97 Å². The molecule has 0 amide bonds. The zero-order valence-electron chi connectivity index (χ0n) is 10.1. The standard InChI is InChI=1S/C12H14N4O2/c1-12(2,10(17)18)16-11-14-6-8(7-15-11)9-4-3-5-13-9/h3-7,13H,1-2H3,(H,17,18)(H,14,15,16). The van der Waals surface area contributed by atoms with Gasteiger partial charge in [0.25, 0.3) is 0 Å². The van der Waals surface area contributed by atoms with Crippen molar-refractivity contribution in [2.24, 2.45) is 0 Å². The number of carboxylic acids is 1. The van der Waals surface area contributed by atoms with E-state index >= 15 is 0 Å². The Kier molecular flexibility index (Phi) is 3.01. The second-order valence-corrected chi connectivity index (χ2v) is 4.43. The van der Waals surface area contributed by atoms with Crippen molar-refractivity contribution in [1.29, 1.82) is 0 Å². The zero-order valence-corrected chi connectivity index (χ0v) is 10.1. The van der Waals surface area contributed by atoms with Crippen LogP contribution in [-0.4, -0.2) is 31.6 Å². The molecular weight excluding hydrogens is 232 g/mol. The van der Waals surface area contributed by atoms with E-state index in [1.165, 1.54) is 0 Å². The van der Waals surface area contributed by atoms with Gasteiger partial charge in [0.1, 0.15) is 5.54 Å². The van der Waals surface area contributed by atoms with Crippen LogP contribution in [0.1, 0.15) is 13.8 Å². The number of aliphatic carboxylic acids is 1.